The summed E-state index contributed by atoms with van der Waals surface area (Å²) in [7, 11) is 0. The van der Waals surface area contributed by atoms with E-state index < -0.39 is 17.4 Å². The third kappa shape index (κ3) is 26.5. The molecule has 0 amide bonds. The van der Waals surface area contributed by atoms with E-state index in [0.717, 1.165) is 44.9 Å². The van der Waals surface area contributed by atoms with Gasteiger partial charge in [-0.3, -0.25) is 9.59 Å². The summed E-state index contributed by atoms with van der Waals surface area (Å²) in [6, 6.07) is 0. The van der Waals surface area contributed by atoms with Crippen molar-refractivity contribution in [1.82, 2.24) is 0 Å². The number of carboxylic acid groups (broad SMARTS) is 2. The number of carbonyl (C=O) groups is 2. The second kappa shape index (κ2) is 30.5. The van der Waals surface area contributed by atoms with E-state index in [-0.39, 0.29) is 0 Å². The van der Waals surface area contributed by atoms with E-state index in [9.17, 15) is 14.7 Å². The highest BCUT2D eigenvalue weighted by atomic mass is 16.4. The van der Waals surface area contributed by atoms with Crippen molar-refractivity contribution in [3.8, 4) is 0 Å². The maximum absolute atomic E-state index is 11.8. The molecular formula is C34H68O4. The Bertz CT molecular complexity index is 505. The minimum atomic E-state index is -0.663. The summed E-state index contributed by atoms with van der Waals surface area (Å²) in [5, 5.41) is 18.1. The molecule has 0 aromatic carbocycles. The van der Waals surface area contributed by atoms with Crippen molar-refractivity contribution < 1.29 is 19.8 Å². The molecule has 0 aromatic heterocycles. The summed E-state index contributed by atoms with van der Waals surface area (Å²) < 4.78 is 0. The first-order valence-corrected chi connectivity index (χ1v) is 16.8. The van der Waals surface area contributed by atoms with Crippen molar-refractivity contribution in [1.29, 1.82) is 0 Å². The summed E-state index contributed by atoms with van der Waals surface area (Å²) in [6.45, 7) is 8.74. The normalized spacial score (nSPS) is 12.5. The van der Waals surface area contributed by atoms with Gasteiger partial charge in [0.2, 0.25) is 0 Å². The van der Waals surface area contributed by atoms with Crippen LogP contribution in [0.4, 0.5) is 0 Å². The van der Waals surface area contributed by atoms with Gasteiger partial charge in [0.1, 0.15) is 0 Å². The van der Waals surface area contributed by atoms with E-state index in [1.165, 1.54) is 122 Å². The largest absolute Gasteiger partial charge is 0.481 e. The molecule has 0 bridgehead atoms. The van der Waals surface area contributed by atoms with E-state index in [0.29, 0.717) is 6.42 Å². The SMILES string of the molecule is CCCCCCCCCC(=O)O.CCCCCCCCCCCCCCC(CC)(CCCCCC)C(=O)O. The Morgan fingerprint density at radius 1 is 0.447 bits per heavy atom. The summed E-state index contributed by atoms with van der Waals surface area (Å²) in [4.78, 5) is 22.0. The van der Waals surface area contributed by atoms with E-state index in [2.05, 4.69) is 27.7 Å². The molecule has 0 aliphatic heterocycles. The van der Waals surface area contributed by atoms with Crippen LogP contribution in [0.1, 0.15) is 201 Å². The molecule has 0 radical (unpaired) electrons. The Hall–Kier alpha value is -1.06. The van der Waals surface area contributed by atoms with E-state index >= 15 is 0 Å². The standard InChI is InChI=1S/C24H48O2.C10H20O2/c1-4-7-9-11-12-13-14-15-16-17-18-20-22-24(6-3,23(25)26)21-19-10-8-5-2;1-2-3-4-5-6-7-8-9-10(11)12/h4-22H2,1-3H3,(H,25,26);2-9H2,1H3,(H,11,12). The second-order valence-corrected chi connectivity index (χ2v) is 11.7. The zero-order valence-electron chi connectivity index (χ0n) is 26.3. The molecule has 1 unspecified atom stereocenters. The van der Waals surface area contributed by atoms with Crippen LogP contribution < -0.4 is 0 Å². The predicted octanol–water partition coefficient (Wildman–Crippen LogP) is 11.7. The summed E-state index contributed by atoms with van der Waals surface area (Å²) in [6.07, 6.45) is 31.9. The molecule has 1 atom stereocenters. The van der Waals surface area contributed by atoms with Gasteiger partial charge in [-0.2, -0.15) is 0 Å². The zero-order chi connectivity index (χ0) is 28.7. The molecule has 0 saturated heterocycles. The lowest BCUT2D eigenvalue weighted by Crippen LogP contribution is -2.30. The molecular weight excluding hydrogens is 472 g/mol. The Balaban J connectivity index is 0. The minimum absolute atomic E-state index is 0.341. The summed E-state index contributed by atoms with van der Waals surface area (Å²) >= 11 is 0. The monoisotopic (exact) mass is 541 g/mol. The van der Waals surface area contributed by atoms with Crippen molar-refractivity contribution >= 4 is 11.9 Å². The zero-order valence-corrected chi connectivity index (χ0v) is 26.3. The maximum Gasteiger partial charge on any atom is 0.309 e. The van der Waals surface area contributed by atoms with Crippen LogP contribution in [-0.2, 0) is 9.59 Å². The quantitative estimate of drug-likeness (QED) is 0.0967. The molecule has 0 aliphatic carbocycles. The second-order valence-electron chi connectivity index (χ2n) is 11.7. The molecule has 0 spiro atoms. The molecule has 0 aromatic rings. The molecule has 38 heavy (non-hydrogen) atoms. The maximum atomic E-state index is 11.8. The average molecular weight is 541 g/mol. The first-order chi connectivity index (χ1) is 18.4. The lowest BCUT2D eigenvalue weighted by atomic mass is 9.76. The van der Waals surface area contributed by atoms with E-state index in [1.807, 2.05) is 0 Å². The number of rotatable bonds is 28. The Kier molecular flexibility index (Phi) is 31.4. The fraction of sp³-hybridized carbons (Fsp3) is 0.941. The molecule has 0 heterocycles. The number of unbranched alkanes of at least 4 members (excludes halogenated alkanes) is 20. The highest BCUT2D eigenvalue weighted by molar-refractivity contribution is 5.74. The van der Waals surface area contributed by atoms with E-state index in [4.69, 9.17) is 5.11 Å². The Labute approximate surface area is 238 Å². The van der Waals surface area contributed by atoms with Gasteiger partial charge in [0.25, 0.3) is 0 Å². The molecule has 0 fully saturated rings. The highest BCUT2D eigenvalue weighted by Gasteiger charge is 2.35. The first kappa shape index (κ1) is 39.1. The van der Waals surface area contributed by atoms with Crippen molar-refractivity contribution in [2.75, 3.05) is 0 Å². The third-order valence-electron chi connectivity index (χ3n) is 8.14. The molecule has 4 nitrogen and oxygen atoms in total. The molecule has 0 saturated carbocycles. The first-order valence-electron chi connectivity index (χ1n) is 16.8. The molecule has 4 heteroatoms. The Morgan fingerprint density at radius 2 is 0.737 bits per heavy atom. The van der Waals surface area contributed by atoms with Crippen molar-refractivity contribution in [3.05, 3.63) is 0 Å². The van der Waals surface area contributed by atoms with Gasteiger partial charge in [-0.25, -0.2) is 0 Å². The summed E-state index contributed by atoms with van der Waals surface area (Å²) in [5.41, 5.74) is -0.452. The lowest BCUT2D eigenvalue weighted by molar-refractivity contribution is -0.150. The van der Waals surface area contributed by atoms with Gasteiger partial charge in [-0.05, 0) is 25.7 Å². The van der Waals surface area contributed by atoms with Crippen LogP contribution in [0.2, 0.25) is 0 Å². The minimum Gasteiger partial charge on any atom is -0.481 e. The van der Waals surface area contributed by atoms with Crippen LogP contribution in [-0.4, -0.2) is 22.2 Å². The van der Waals surface area contributed by atoms with Gasteiger partial charge in [0, 0.05) is 6.42 Å². The van der Waals surface area contributed by atoms with E-state index in [1.54, 1.807) is 0 Å². The van der Waals surface area contributed by atoms with Gasteiger partial charge in [-0.15, -0.1) is 0 Å². The third-order valence-corrected chi connectivity index (χ3v) is 8.14. The van der Waals surface area contributed by atoms with Gasteiger partial charge in [0.15, 0.2) is 0 Å². The summed E-state index contributed by atoms with van der Waals surface area (Å²) in [5.74, 6) is -1.22. The number of hydrogen-bond acceptors (Lipinski definition) is 2. The van der Waals surface area contributed by atoms with Crippen LogP contribution in [0, 0.1) is 5.41 Å². The highest BCUT2D eigenvalue weighted by Crippen LogP contribution is 2.35. The van der Waals surface area contributed by atoms with Crippen molar-refractivity contribution in [3.63, 3.8) is 0 Å². The number of hydrogen-bond donors (Lipinski definition) is 2. The van der Waals surface area contributed by atoms with Crippen LogP contribution in [0.25, 0.3) is 0 Å². The van der Waals surface area contributed by atoms with Crippen molar-refractivity contribution in [2.45, 2.75) is 201 Å². The number of carboxylic acids is 2. The Morgan fingerprint density at radius 3 is 1.03 bits per heavy atom. The fourth-order valence-electron chi connectivity index (χ4n) is 5.27. The molecule has 0 rings (SSSR count). The van der Waals surface area contributed by atoms with Crippen LogP contribution >= 0.6 is 0 Å². The molecule has 228 valence electrons. The smallest absolute Gasteiger partial charge is 0.309 e. The van der Waals surface area contributed by atoms with Gasteiger partial charge in [-0.1, -0.05) is 169 Å². The van der Waals surface area contributed by atoms with Crippen LogP contribution in [0.5, 0.6) is 0 Å². The lowest BCUT2D eigenvalue weighted by Gasteiger charge is -2.28. The average Bonchev–Trinajstić information content (AvgIpc) is 2.90. The van der Waals surface area contributed by atoms with Crippen molar-refractivity contribution in [2.24, 2.45) is 5.41 Å². The van der Waals surface area contributed by atoms with Crippen LogP contribution in [0.15, 0.2) is 0 Å². The van der Waals surface area contributed by atoms with Gasteiger partial charge >= 0.3 is 11.9 Å². The molecule has 0 aliphatic rings. The van der Waals surface area contributed by atoms with Gasteiger partial charge in [0.05, 0.1) is 5.41 Å². The predicted molar refractivity (Wildman–Crippen MR) is 165 cm³/mol. The topological polar surface area (TPSA) is 74.6 Å². The van der Waals surface area contributed by atoms with Crippen LogP contribution in [0.3, 0.4) is 0 Å². The van der Waals surface area contributed by atoms with Gasteiger partial charge < -0.3 is 10.2 Å². The fourth-order valence-corrected chi connectivity index (χ4v) is 5.27. The number of aliphatic carboxylic acids is 2. The molecule has 2 N–H and O–H groups in total.